The first-order valence-electron chi connectivity index (χ1n) is 10.9. The van der Waals surface area contributed by atoms with Crippen LogP contribution in [0.1, 0.15) is 52.7 Å². The van der Waals surface area contributed by atoms with E-state index >= 15 is 0 Å². The van der Waals surface area contributed by atoms with Gasteiger partial charge in [0.2, 0.25) is 5.78 Å². The van der Waals surface area contributed by atoms with Gasteiger partial charge >= 0.3 is 0 Å². The first-order chi connectivity index (χ1) is 15.6. The molecule has 1 aliphatic heterocycles. The Bertz CT molecular complexity index is 1190. The van der Waals surface area contributed by atoms with Gasteiger partial charge in [-0.3, -0.25) is 9.59 Å². The Kier molecular flexibility index (Phi) is 5.39. The molecule has 1 atom stereocenters. The van der Waals surface area contributed by atoms with E-state index < -0.39 is 17.7 Å². The molecule has 3 aromatic rings. The molecule has 1 N–H and O–H groups in total. The summed E-state index contributed by atoms with van der Waals surface area (Å²) in [6.07, 6.45) is 3.88. The second kappa shape index (κ2) is 8.36. The highest BCUT2D eigenvalue weighted by Gasteiger charge is 2.47. The summed E-state index contributed by atoms with van der Waals surface area (Å²) < 4.78 is 0. The van der Waals surface area contributed by atoms with Gasteiger partial charge in [-0.15, -0.1) is 11.3 Å². The van der Waals surface area contributed by atoms with Crippen LogP contribution in [0.2, 0.25) is 0 Å². The normalized spacial score (nSPS) is 19.2. The highest BCUT2D eigenvalue weighted by molar-refractivity contribution is 7.17. The number of hydrogen-bond donors (Lipinski definition) is 1. The van der Waals surface area contributed by atoms with E-state index in [4.69, 9.17) is 0 Å². The Morgan fingerprint density at radius 2 is 1.66 bits per heavy atom. The maximum Gasteiger partial charge on any atom is 0.290 e. The highest BCUT2D eigenvalue weighted by Crippen LogP contribution is 2.44. The molecule has 1 fully saturated rings. The van der Waals surface area contributed by atoms with Crippen LogP contribution in [-0.4, -0.2) is 32.7 Å². The van der Waals surface area contributed by atoms with E-state index in [1.165, 1.54) is 11.3 Å². The third kappa shape index (κ3) is 3.45. The van der Waals surface area contributed by atoms with Crippen molar-refractivity contribution in [2.75, 3.05) is 0 Å². The van der Waals surface area contributed by atoms with Gasteiger partial charge in [0.1, 0.15) is 5.01 Å². The smallest absolute Gasteiger partial charge is 0.290 e. The third-order valence-corrected chi connectivity index (χ3v) is 7.55. The number of carbonyl (C=O) groups is 2. The summed E-state index contributed by atoms with van der Waals surface area (Å²) in [7, 11) is 0. The molecule has 32 heavy (non-hydrogen) atoms. The Morgan fingerprint density at radius 3 is 2.31 bits per heavy atom. The van der Waals surface area contributed by atoms with Crippen LogP contribution in [0.4, 0.5) is 0 Å². The van der Waals surface area contributed by atoms with Gasteiger partial charge in [-0.2, -0.15) is 0 Å². The quantitative estimate of drug-likeness (QED) is 0.517. The molecule has 1 aliphatic carbocycles. The first-order valence-corrected chi connectivity index (χ1v) is 11.8. The van der Waals surface area contributed by atoms with Crippen LogP contribution in [0.15, 0.2) is 72.0 Å². The van der Waals surface area contributed by atoms with E-state index in [1.807, 2.05) is 60.7 Å². The topological polar surface area (TPSA) is 70.5 Å². The lowest BCUT2D eigenvalue weighted by Gasteiger charge is -2.32. The van der Waals surface area contributed by atoms with Crippen LogP contribution in [0.3, 0.4) is 0 Å². The zero-order valence-corrected chi connectivity index (χ0v) is 18.6. The van der Waals surface area contributed by atoms with Crippen molar-refractivity contribution in [3.05, 3.63) is 88.1 Å². The molecule has 1 unspecified atom stereocenters. The summed E-state index contributed by atoms with van der Waals surface area (Å²) in [6.45, 7) is 1.80. The summed E-state index contributed by atoms with van der Waals surface area (Å²) in [4.78, 5) is 33.8. The number of amides is 1. The zero-order valence-electron chi connectivity index (χ0n) is 17.8. The fourth-order valence-electron chi connectivity index (χ4n) is 4.81. The Labute approximate surface area is 191 Å². The lowest BCUT2D eigenvalue weighted by Crippen LogP contribution is -2.38. The molecule has 0 spiro atoms. The van der Waals surface area contributed by atoms with E-state index in [-0.39, 0.29) is 17.4 Å². The van der Waals surface area contributed by atoms with Crippen molar-refractivity contribution in [1.29, 1.82) is 0 Å². The van der Waals surface area contributed by atoms with Crippen LogP contribution in [0.5, 0.6) is 0 Å². The molecule has 1 amide bonds. The summed E-state index contributed by atoms with van der Waals surface area (Å²) >= 11 is 1.31. The average molecular weight is 445 g/mol. The van der Waals surface area contributed by atoms with Crippen LogP contribution in [0, 0.1) is 6.92 Å². The SMILES string of the molecule is Cc1nc(-c2ccccc2)sc1C(=O)C1=C(O)C(=O)N(C2CCCC2)C1c1ccccc1. The average Bonchev–Trinajstić information content (AvgIpc) is 3.54. The van der Waals surface area contributed by atoms with Crippen molar-refractivity contribution in [3.63, 3.8) is 0 Å². The van der Waals surface area contributed by atoms with Gasteiger partial charge in [0.05, 0.1) is 22.2 Å². The van der Waals surface area contributed by atoms with Gasteiger partial charge in [0, 0.05) is 11.6 Å². The van der Waals surface area contributed by atoms with Crippen LogP contribution >= 0.6 is 11.3 Å². The minimum absolute atomic E-state index is 0.0302. The van der Waals surface area contributed by atoms with Crippen molar-refractivity contribution in [2.24, 2.45) is 0 Å². The second-order valence-corrected chi connectivity index (χ2v) is 9.35. The summed E-state index contributed by atoms with van der Waals surface area (Å²) in [5.41, 5.74) is 2.55. The van der Waals surface area contributed by atoms with Gasteiger partial charge in [0.25, 0.3) is 5.91 Å². The third-order valence-electron chi connectivity index (χ3n) is 6.35. The molecule has 2 heterocycles. The lowest BCUT2D eigenvalue weighted by molar-refractivity contribution is -0.131. The molecule has 2 aromatic carbocycles. The number of ketones is 1. The number of Topliss-reactive ketones (excluding diaryl/α,β-unsaturated/α-hetero) is 1. The van der Waals surface area contributed by atoms with Gasteiger partial charge in [0.15, 0.2) is 5.76 Å². The minimum Gasteiger partial charge on any atom is -0.503 e. The van der Waals surface area contributed by atoms with Gasteiger partial charge < -0.3 is 10.0 Å². The molecule has 6 heteroatoms. The second-order valence-electron chi connectivity index (χ2n) is 8.35. The zero-order chi connectivity index (χ0) is 22.2. The van der Waals surface area contributed by atoms with Gasteiger partial charge in [-0.1, -0.05) is 73.5 Å². The van der Waals surface area contributed by atoms with Crippen molar-refractivity contribution in [1.82, 2.24) is 9.88 Å². The molecule has 0 saturated heterocycles. The summed E-state index contributed by atoms with van der Waals surface area (Å²) in [6, 6.07) is 18.7. The van der Waals surface area contributed by atoms with Gasteiger partial charge in [-0.25, -0.2) is 4.98 Å². The number of rotatable bonds is 5. The minimum atomic E-state index is -0.582. The number of aliphatic hydroxyl groups excluding tert-OH is 1. The predicted molar refractivity (Wildman–Crippen MR) is 125 cm³/mol. The fourth-order valence-corrected chi connectivity index (χ4v) is 5.84. The van der Waals surface area contributed by atoms with E-state index in [0.717, 1.165) is 41.8 Å². The molecule has 5 nitrogen and oxygen atoms in total. The Hall–Kier alpha value is -3.25. The fraction of sp³-hybridized carbons (Fsp3) is 0.269. The van der Waals surface area contributed by atoms with E-state index in [9.17, 15) is 14.7 Å². The summed E-state index contributed by atoms with van der Waals surface area (Å²) in [5, 5.41) is 11.7. The number of nitrogens with zero attached hydrogens (tertiary/aromatic N) is 2. The maximum atomic E-state index is 13.8. The van der Waals surface area contributed by atoms with Crippen LogP contribution < -0.4 is 0 Å². The number of carbonyl (C=O) groups excluding carboxylic acids is 2. The Balaban J connectivity index is 1.58. The number of thiazole rings is 1. The molecular weight excluding hydrogens is 420 g/mol. The molecule has 162 valence electrons. The first kappa shape index (κ1) is 20.6. The molecule has 5 rings (SSSR count). The predicted octanol–water partition coefficient (Wildman–Crippen LogP) is 5.64. The number of hydrogen-bond acceptors (Lipinski definition) is 5. The number of benzene rings is 2. The monoisotopic (exact) mass is 444 g/mol. The number of aromatic nitrogens is 1. The molecule has 2 aliphatic rings. The molecule has 0 radical (unpaired) electrons. The molecule has 0 bridgehead atoms. The van der Waals surface area contributed by atoms with Crippen molar-refractivity contribution >= 4 is 23.0 Å². The standard InChI is InChI=1S/C26H24N2O3S/c1-16-24(32-25(27-16)18-12-6-3-7-13-18)22(29)20-21(17-10-4-2-5-11-17)28(26(31)23(20)30)19-14-8-9-15-19/h2-7,10-13,19,21,30H,8-9,14-15H2,1H3. The van der Waals surface area contributed by atoms with E-state index in [0.29, 0.717) is 10.6 Å². The van der Waals surface area contributed by atoms with E-state index in [1.54, 1.807) is 11.8 Å². The lowest BCUT2D eigenvalue weighted by atomic mass is 9.94. The van der Waals surface area contributed by atoms with Crippen LogP contribution in [-0.2, 0) is 4.79 Å². The maximum absolute atomic E-state index is 13.8. The summed E-state index contributed by atoms with van der Waals surface area (Å²) in [5.74, 6) is -1.19. The highest BCUT2D eigenvalue weighted by atomic mass is 32.1. The number of aliphatic hydroxyl groups is 1. The largest absolute Gasteiger partial charge is 0.503 e. The van der Waals surface area contributed by atoms with Crippen LogP contribution in [0.25, 0.3) is 10.6 Å². The molecule has 1 saturated carbocycles. The Morgan fingerprint density at radius 1 is 1.03 bits per heavy atom. The van der Waals surface area contributed by atoms with E-state index in [2.05, 4.69) is 4.98 Å². The van der Waals surface area contributed by atoms with Crippen molar-refractivity contribution in [2.45, 2.75) is 44.7 Å². The number of aryl methyl sites for hydroxylation is 1. The van der Waals surface area contributed by atoms with Gasteiger partial charge in [-0.05, 0) is 25.3 Å². The van der Waals surface area contributed by atoms with Crippen molar-refractivity contribution in [3.8, 4) is 10.6 Å². The molecular formula is C26H24N2O3S. The van der Waals surface area contributed by atoms with Crippen molar-refractivity contribution < 1.29 is 14.7 Å². The molecule has 1 aromatic heterocycles.